The summed E-state index contributed by atoms with van der Waals surface area (Å²) >= 11 is 0. The molecule has 2 nitrogen and oxygen atoms in total. The molecule has 0 aliphatic heterocycles. The lowest BCUT2D eigenvalue weighted by atomic mass is 9.86. The third-order valence-corrected chi connectivity index (χ3v) is 2.98. The molecule has 0 aromatic heterocycles. The minimum Gasteiger partial charge on any atom is -0.341 e. The lowest BCUT2D eigenvalue weighted by molar-refractivity contribution is 0.0779. The Hall–Kier alpha value is -1.31. The molecule has 18 heavy (non-hydrogen) atoms. The van der Waals surface area contributed by atoms with Crippen LogP contribution < -0.4 is 0 Å². The van der Waals surface area contributed by atoms with E-state index in [-0.39, 0.29) is 11.3 Å². The summed E-state index contributed by atoms with van der Waals surface area (Å²) in [6, 6.07) is 7.96. The Morgan fingerprint density at radius 1 is 1.17 bits per heavy atom. The first kappa shape index (κ1) is 14.7. The van der Waals surface area contributed by atoms with Crippen molar-refractivity contribution in [3.8, 4) is 0 Å². The molecule has 0 saturated carbocycles. The molecule has 1 rings (SSSR count). The second kappa shape index (κ2) is 5.55. The zero-order valence-corrected chi connectivity index (χ0v) is 12.4. The molecule has 0 fully saturated rings. The third-order valence-electron chi connectivity index (χ3n) is 2.98. The van der Waals surface area contributed by atoms with Crippen LogP contribution in [0.5, 0.6) is 0 Å². The Labute approximate surface area is 111 Å². The van der Waals surface area contributed by atoms with Crippen molar-refractivity contribution in [3.05, 3.63) is 35.4 Å². The molecule has 0 radical (unpaired) electrons. The summed E-state index contributed by atoms with van der Waals surface area (Å²) in [4.78, 5) is 14.0. The van der Waals surface area contributed by atoms with Gasteiger partial charge in [0.15, 0.2) is 0 Å². The number of benzene rings is 1. The van der Waals surface area contributed by atoms with Gasteiger partial charge in [-0.15, -0.1) is 0 Å². The van der Waals surface area contributed by atoms with E-state index in [1.807, 2.05) is 19.2 Å². The van der Waals surface area contributed by atoms with E-state index in [4.69, 9.17) is 0 Å². The SMILES string of the molecule is CC(C)CN(C)C(=O)c1ccc(C(C)(C)C)cc1. The van der Waals surface area contributed by atoms with Gasteiger partial charge in [-0.25, -0.2) is 0 Å². The number of carbonyl (C=O) groups excluding carboxylic acids is 1. The Kier molecular flexibility index (Phi) is 4.55. The van der Waals surface area contributed by atoms with E-state index in [9.17, 15) is 4.79 Å². The highest BCUT2D eigenvalue weighted by Crippen LogP contribution is 2.22. The van der Waals surface area contributed by atoms with Gasteiger partial charge in [0.1, 0.15) is 0 Å². The van der Waals surface area contributed by atoms with Crippen LogP contribution in [0.25, 0.3) is 0 Å². The van der Waals surface area contributed by atoms with Gasteiger partial charge in [0.25, 0.3) is 5.91 Å². The van der Waals surface area contributed by atoms with E-state index in [1.54, 1.807) is 4.90 Å². The molecule has 2 heteroatoms. The largest absolute Gasteiger partial charge is 0.341 e. The van der Waals surface area contributed by atoms with Crippen LogP contribution in [-0.4, -0.2) is 24.4 Å². The van der Waals surface area contributed by atoms with Gasteiger partial charge < -0.3 is 4.90 Å². The fourth-order valence-electron chi connectivity index (χ4n) is 1.96. The molecular formula is C16H25NO. The van der Waals surface area contributed by atoms with E-state index in [0.717, 1.165) is 12.1 Å². The van der Waals surface area contributed by atoms with Crippen LogP contribution in [-0.2, 0) is 5.41 Å². The Bertz CT molecular complexity index is 398. The van der Waals surface area contributed by atoms with Gasteiger partial charge in [-0.3, -0.25) is 4.79 Å². The van der Waals surface area contributed by atoms with Crippen molar-refractivity contribution in [1.82, 2.24) is 4.90 Å². The zero-order valence-electron chi connectivity index (χ0n) is 12.4. The summed E-state index contributed by atoms with van der Waals surface area (Å²) in [5.74, 6) is 0.594. The van der Waals surface area contributed by atoms with Gasteiger partial charge in [-0.1, -0.05) is 46.8 Å². The maximum Gasteiger partial charge on any atom is 0.253 e. The minimum absolute atomic E-state index is 0.101. The van der Waals surface area contributed by atoms with Gasteiger partial charge >= 0.3 is 0 Å². The highest BCUT2D eigenvalue weighted by molar-refractivity contribution is 5.94. The summed E-state index contributed by atoms with van der Waals surface area (Å²) in [6.45, 7) is 11.6. The zero-order chi connectivity index (χ0) is 13.9. The van der Waals surface area contributed by atoms with Crippen LogP contribution >= 0.6 is 0 Å². The molecule has 0 aliphatic rings. The summed E-state index contributed by atoms with van der Waals surface area (Å²) < 4.78 is 0. The van der Waals surface area contributed by atoms with E-state index in [1.165, 1.54) is 5.56 Å². The molecule has 0 unspecified atom stereocenters. The molecule has 0 aliphatic carbocycles. The molecule has 100 valence electrons. The van der Waals surface area contributed by atoms with Gasteiger partial charge in [0.05, 0.1) is 0 Å². The van der Waals surface area contributed by atoms with Crippen molar-refractivity contribution in [1.29, 1.82) is 0 Å². The second-order valence-electron chi connectivity index (χ2n) is 6.41. The molecule has 1 amide bonds. The Morgan fingerprint density at radius 2 is 1.67 bits per heavy atom. The second-order valence-corrected chi connectivity index (χ2v) is 6.41. The molecule has 1 aromatic carbocycles. The van der Waals surface area contributed by atoms with Crippen LogP contribution in [0.15, 0.2) is 24.3 Å². The van der Waals surface area contributed by atoms with Crippen LogP contribution in [0.3, 0.4) is 0 Å². The van der Waals surface area contributed by atoms with E-state index in [2.05, 4.69) is 46.8 Å². The van der Waals surface area contributed by atoms with E-state index >= 15 is 0 Å². The van der Waals surface area contributed by atoms with E-state index in [0.29, 0.717) is 5.92 Å². The number of rotatable bonds is 3. The summed E-state index contributed by atoms with van der Waals surface area (Å²) in [7, 11) is 1.86. The molecule has 0 N–H and O–H groups in total. The monoisotopic (exact) mass is 247 g/mol. The number of amides is 1. The Balaban J connectivity index is 2.82. The first-order chi connectivity index (χ1) is 8.21. The van der Waals surface area contributed by atoms with Crippen LogP contribution in [0.2, 0.25) is 0 Å². The molecule has 1 aromatic rings. The molecule has 0 spiro atoms. The van der Waals surface area contributed by atoms with Crippen molar-refractivity contribution in [2.24, 2.45) is 5.92 Å². The molecule has 0 atom stereocenters. The molecular weight excluding hydrogens is 222 g/mol. The lowest BCUT2D eigenvalue weighted by Gasteiger charge is -2.21. The van der Waals surface area contributed by atoms with Gasteiger partial charge in [-0.2, -0.15) is 0 Å². The standard InChI is InChI=1S/C16H25NO/c1-12(2)11-17(6)15(18)13-7-9-14(10-8-13)16(3,4)5/h7-10,12H,11H2,1-6H3. The number of hydrogen-bond acceptors (Lipinski definition) is 1. The normalized spacial score (nSPS) is 11.7. The smallest absolute Gasteiger partial charge is 0.253 e. The maximum atomic E-state index is 12.2. The van der Waals surface area contributed by atoms with Crippen LogP contribution in [0, 0.1) is 5.92 Å². The van der Waals surface area contributed by atoms with Crippen molar-refractivity contribution in [2.75, 3.05) is 13.6 Å². The fourth-order valence-corrected chi connectivity index (χ4v) is 1.96. The van der Waals surface area contributed by atoms with Crippen molar-refractivity contribution < 1.29 is 4.79 Å². The quantitative estimate of drug-likeness (QED) is 0.797. The molecule has 0 bridgehead atoms. The van der Waals surface area contributed by atoms with Crippen molar-refractivity contribution in [2.45, 2.75) is 40.0 Å². The average molecular weight is 247 g/mol. The summed E-state index contributed by atoms with van der Waals surface area (Å²) in [5, 5.41) is 0. The number of hydrogen-bond donors (Lipinski definition) is 0. The molecule has 0 heterocycles. The van der Waals surface area contributed by atoms with Gasteiger partial charge in [-0.05, 0) is 29.0 Å². The average Bonchev–Trinajstić information content (AvgIpc) is 2.26. The number of nitrogens with zero attached hydrogens (tertiary/aromatic N) is 1. The molecule has 0 saturated heterocycles. The van der Waals surface area contributed by atoms with Crippen LogP contribution in [0.4, 0.5) is 0 Å². The third kappa shape index (κ3) is 3.86. The first-order valence-corrected chi connectivity index (χ1v) is 6.58. The van der Waals surface area contributed by atoms with Crippen molar-refractivity contribution in [3.63, 3.8) is 0 Å². The predicted octanol–water partition coefficient (Wildman–Crippen LogP) is 3.71. The van der Waals surface area contributed by atoms with E-state index < -0.39 is 0 Å². The lowest BCUT2D eigenvalue weighted by Crippen LogP contribution is -2.30. The number of carbonyl (C=O) groups is 1. The summed E-state index contributed by atoms with van der Waals surface area (Å²) in [6.07, 6.45) is 0. The highest BCUT2D eigenvalue weighted by atomic mass is 16.2. The Morgan fingerprint density at radius 3 is 2.06 bits per heavy atom. The van der Waals surface area contributed by atoms with Gasteiger partial charge in [0, 0.05) is 19.2 Å². The summed E-state index contributed by atoms with van der Waals surface area (Å²) in [5.41, 5.74) is 2.16. The predicted molar refractivity (Wildman–Crippen MR) is 76.9 cm³/mol. The minimum atomic E-state index is 0.101. The maximum absolute atomic E-state index is 12.2. The first-order valence-electron chi connectivity index (χ1n) is 6.58. The van der Waals surface area contributed by atoms with Gasteiger partial charge in [0.2, 0.25) is 0 Å². The topological polar surface area (TPSA) is 20.3 Å². The van der Waals surface area contributed by atoms with Crippen molar-refractivity contribution >= 4 is 5.91 Å². The fraction of sp³-hybridized carbons (Fsp3) is 0.562. The van der Waals surface area contributed by atoms with Crippen LogP contribution in [0.1, 0.15) is 50.5 Å². The highest BCUT2D eigenvalue weighted by Gasteiger charge is 2.16.